The van der Waals surface area contributed by atoms with E-state index < -0.39 is 17.8 Å². The summed E-state index contributed by atoms with van der Waals surface area (Å²) in [6, 6.07) is 14.5. The first-order valence-electron chi connectivity index (χ1n) is 11.7. The Morgan fingerprint density at radius 1 is 0.872 bits per heavy atom. The summed E-state index contributed by atoms with van der Waals surface area (Å²) in [5.74, 6) is -0.786. The van der Waals surface area contributed by atoms with Crippen LogP contribution in [0.5, 0.6) is 23.0 Å². The number of barbiturate groups is 1. The molecule has 1 aliphatic heterocycles. The summed E-state index contributed by atoms with van der Waals surface area (Å²) >= 11 is 12.7. The molecule has 1 saturated heterocycles. The lowest BCUT2D eigenvalue weighted by molar-refractivity contribution is -0.122. The maximum absolute atomic E-state index is 13.5. The zero-order valence-electron chi connectivity index (χ0n) is 21.2. The molecule has 0 atom stereocenters. The lowest BCUT2D eigenvalue weighted by Gasteiger charge is -2.28. The number of benzene rings is 3. The number of urea groups is 1. The van der Waals surface area contributed by atoms with Crippen LogP contribution in [0.2, 0.25) is 10.0 Å². The van der Waals surface area contributed by atoms with E-state index in [1.165, 1.54) is 38.5 Å². The highest BCUT2D eigenvalue weighted by molar-refractivity contribution is 6.40. The number of ether oxygens (including phenoxy) is 4. The van der Waals surface area contributed by atoms with E-state index in [2.05, 4.69) is 5.32 Å². The SMILES string of the molecule is CCOc1cc(/C=C2\C(=O)NC(=O)N(c3cc(OC)c(Cl)cc3OC)C2=O)cc(Cl)c1OCc1ccccc1. The van der Waals surface area contributed by atoms with E-state index in [1.807, 2.05) is 30.3 Å². The Morgan fingerprint density at radius 2 is 1.59 bits per heavy atom. The smallest absolute Gasteiger partial charge is 0.336 e. The molecule has 1 aliphatic rings. The molecule has 0 aliphatic carbocycles. The monoisotopic (exact) mass is 570 g/mol. The number of carbonyl (C=O) groups is 3. The highest BCUT2D eigenvalue weighted by atomic mass is 35.5. The minimum atomic E-state index is -0.956. The molecule has 4 amide bonds. The van der Waals surface area contributed by atoms with Crippen molar-refractivity contribution in [2.75, 3.05) is 25.7 Å². The number of rotatable bonds is 9. The van der Waals surface area contributed by atoms with Gasteiger partial charge in [0.25, 0.3) is 11.8 Å². The zero-order chi connectivity index (χ0) is 28.1. The van der Waals surface area contributed by atoms with Gasteiger partial charge < -0.3 is 18.9 Å². The Kier molecular flexibility index (Phi) is 8.63. The van der Waals surface area contributed by atoms with Crippen LogP contribution in [0.15, 0.2) is 60.2 Å². The van der Waals surface area contributed by atoms with Crippen molar-refractivity contribution in [3.8, 4) is 23.0 Å². The molecule has 11 heteroatoms. The van der Waals surface area contributed by atoms with Crippen LogP contribution < -0.4 is 29.2 Å². The molecular weight excluding hydrogens is 547 g/mol. The van der Waals surface area contributed by atoms with E-state index in [-0.39, 0.29) is 39.4 Å². The van der Waals surface area contributed by atoms with Gasteiger partial charge in [-0.25, -0.2) is 9.69 Å². The molecule has 0 saturated carbocycles. The van der Waals surface area contributed by atoms with Crippen LogP contribution in [0.25, 0.3) is 6.08 Å². The number of nitrogens with one attached hydrogen (secondary N) is 1. The molecule has 1 fully saturated rings. The molecule has 0 bridgehead atoms. The van der Waals surface area contributed by atoms with Crippen LogP contribution in [0, 0.1) is 0 Å². The fraction of sp³-hybridized carbons (Fsp3) is 0.179. The first-order chi connectivity index (χ1) is 18.8. The van der Waals surface area contributed by atoms with Crippen molar-refractivity contribution in [1.29, 1.82) is 0 Å². The van der Waals surface area contributed by atoms with Crippen molar-refractivity contribution < 1.29 is 33.3 Å². The van der Waals surface area contributed by atoms with E-state index in [1.54, 1.807) is 13.0 Å². The topological polar surface area (TPSA) is 103 Å². The van der Waals surface area contributed by atoms with Crippen LogP contribution >= 0.6 is 23.2 Å². The highest BCUT2D eigenvalue weighted by Crippen LogP contribution is 2.40. The third-order valence-electron chi connectivity index (χ3n) is 5.66. The molecule has 1 heterocycles. The number of anilines is 1. The number of carbonyl (C=O) groups excluding carboxylic acids is 3. The average molecular weight is 571 g/mol. The summed E-state index contributed by atoms with van der Waals surface area (Å²) in [5.41, 5.74) is 1.04. The molecule has 0 radical (unpaired) electrons. The van der Waals surface area contributed by atoms with E-state index in [4.69, 9.17) is 42.1 Å². The molecule has 0 spiro atoms. The molecule has 39 heavy (non-hydrogen) atoms. The molecule has 3 aromatic rings. The molecule has 4 rings (SSSR count). The summed E-state index contributed by atoms with van der Waals surface area (Å²) in [4.78, 5) is 39.7. The standard InChI is InChI=1S/C28H24Cl2N2O7/c1-4-38-24-12-17(11-20(30)25(24)39-15-16-8-6-5-7-9-16)10-18-26(33)31-28(35)32(27(18)34)21-14-22(36-2)19(29)13-23(21)37-3/h5-14H,4,15H2,1-3H3,(H,31,33,35)/b18-10+. The van der Waals surface area contributed by atoms with Crippen molar-refractivity contribution >= 4 is 52.8 Å². The van der Waals surface area contributed by atoms with Crippen molar-refractivity contribution in [3.63, 3.8) is 0 Å². The minimum absolute atomic E-state index is 0.0392. The average Bonchev–Trinajstić information content (AvgIpc) is 2.91. The normalized spacial score (nSPS) is 14.3. The van der Waals surface area contributed by atoms with Crippen molar-refractivity contribution in [1.82, 2.24) is 5.32 Å². The molecule has 9 nitrogen and oxygen atoms in total. The number of hydrogen-bond acceptors (Lipinski definition) is 7. The van der Waals surface area contributed by atoms with Crippen LogP contribution in [-0.2, 0) is 16.2 Å². The first-order valence-corrected chi connectivity index (χ1v) is 12.5. The Labute approximate surface area is 234 Å². The lowest BCUT2D eigenvalue weighted by Crippen LogP contribution is -2.54. The number of amides is 4. The minimum Gasteiger partial charge on any atom is -0.495 e. The van der Waals surface area contributed by atoms with E-state index in [9.17, 15) is 14.4 Å². The number of methoxy groups -OCH3 is 2. The maximum Gasteiger partial charge on any atom is 0.336 e. The van der Waals surface area contributed by atoms with Gasteiger partial charge in [0, 0.05) is 12.1 Å². The molecule has 202 valence electrons. The molecule has 3 aromatic carbocycles. The number of nitrogens with zero attached hydrogens (tertiary/aromatic N) is 1. The predicted molar refractivity (Wildman–Crippen MR) is 147 cm³/mol. The Balaban J connectivity index is 1.71. The van der Waals surface area contributed by atoms with Gasteiger partial charge in [-0.05, 0) is 36.3 Å². The largest absolute Gasteiger partial charge is 0.495 e. The second-order valence-electron chi connectivity index (χ2n) is 8.15. The van der Waals surface area contributed by atoms with Crippen molar-refractivity contribution in [2.24, 2.45) is 0 Å². The fourth-order valence-electron chi connectivity index (χ4n) is 3.87. The fourth-order valence-corrected chi connectivity index (χ4v) is 4.37. The molecule has 0 aromatic heterocycles. The van der Waals surface area contributed by atoms with E-state index >= 15 is 0 Å². The van der Waals surface area contributed by atoms with Gasteiger partial charge in [-0.3, -0.25) is 14.9 Å². The molecule has 1 N–H and O–H groups in total. The number of imide groups is 2. The Morgan fingerprint density at radius 3 is 2.26 bits per heavy atom. The third-order valence-corrected chi connectivity index (χ3v) is 6.24. The van der Waals surface area contributed by atoms with Crippen LogP contribution in [0.4, 0.5) is 10.5 Å². The maximum atomic E-state index is 13.5. The molecule has 0 unspecified atom stereocenters. The van der Waals surface area contributed by atoms with Crippen LogP contribution in [-0.4, -0.2) is 38.7 Å². The van der Waals surface area contributed by atoms with Crippen molar-refractivity contribution in [3.05, 3.63) is 81.3 Å². The summed E-state index contributed by atoms with van der Waals surface area (Å²) in [6.45, 7) is 2.37. The quantitative estimate of drug-likeness (QED) is 0.261. The van der Waals surface area contributed by atoms with Gasteiger partial charge in [0.15, 0.2) is 11.5 Å². The Bertz CT molecular complexity index is 1460. The predicted octanol–water partition coefficient (Wildman–Crippen LogP) is 5.65. The second kappa shape index (κ2) is 12.1. The lowest BCUT2D eigenvalue weighted by atomic mass is 10.1. The van der Waals surface area contributed by atoms with Gasteiger partial charge in [0.05, 0.1) is 36.6 Å². The van der Waals surface area contributed by atoms with Gasteiger partial charge in [0.2, 0.25) is 0 Å². The first kappa shape index (κ1) is 27.8. The summed E-state index contributed by atoms with van der Waals surface area (Å²) in [5, 5.41) is 2.60. The summed E-state index contributed by atoms with van der Waals surface area (Å²) in [7, 11) is 2.74. The van der Waals surface area contributed by atoms with Gasteiger partial charge in [-0.2, -0.15) is 0 Å². The van der Waals surface area contributed by atoms with Crippen molar-refractivity contribution in [2.45, 2.75) is 13.5 Å². The van der Waals surface area contributed by atoms with Crippen LogP contribution in [0.3, 0.4) is 0 Å². The van der Waals surface area contributed by atoms with Gasteiger partial charge >= 0.3 is 6.03 Å². The third kappa shape index (κ3) is 5.94. The molecular formula is C28H24Cl2N2O7. The summed E-state index contributed by atoms with van der Waals surface area (Å²) < 4.78 is 22.2. The van der Waals surface area contributed by atoms with Crippen LogP contribution in [0.1, 0.15) is 18.1 Å². The van der Waals surface area contributed by atoms with E-state index in [0.29, 0.717) is 23.7 Å². The number of halogens is 2. The Hall–Kier alpha value is -4.21. The van der Waals surface area contributed by atoms with Gasteiger partial charge in [0.1, 0.15) is 23.7 Å². The van der Waals surface area contributed by atoms with Gasteiger partial charge in [-0.15, -0.1) is 0 Å². The number of hydrogen-bond donors (Lipinski definition) is 1. The second-order valence-corrected chi connectivity index (χ2v) is 8.97. The van der Waals surface area contributed by atoms with E-state index in [0.717, 1.165) is 10.5 Å². The van der Waals surface area contributed by atoms with Gasteiger partial charge in [-0.1, -0.05) is 53.5 Å². The zero-order valence-corrected chi connectivity index (χ0v) is 22.8. The summed E-state index contributed by atoms with van der Waals surface area (Å²) in [6.07, 6.45) is 1.31. The highest BCUT2D eigenvalue weighted by Gasteiger charge is 2.38.